The second-order valence-corrected chi connectivity index (χ2v) is 5.30. The van der Waals surface area contributed by atoms with Crippen molar-refractivity contribution in [3.63, 3.8) is 0 Å². The minimum Gasteiger partial charge on any atom is -0.381 e. The van der Waals surface area contributed by atoms with Gasteiger partial charge in [-0.1, -0.05) is 18.2 Å². The topological polar surface area (TPSA) is 63.2 Å². The summed E-state index contributed by atoms with van der Waals surface area (Å²) >= 11 is 0. The smallest absolute Gasteiger partial charge is 0.257 e. The normalized spacial score (nSPS) is 17.2. The number of nitrogens with one attached hydrogen (secondary N) is 2. The average Bonchev–Trinajstić information content (AvgIpc) is 3.08. The van der Waals surface area contributed by atoms with Crippen LogP contribution in [0.2, 0.25) is 0 Å². The first-order valence-corrected chi connectivity index (χ1v) is 7.48. The molecule has 1 aromatic carbocycles. The van der Waals surface area contributed by atoms with Gasteiger partial charge in [-0.3, -0.25) is 9.78 Å². The summed E-state index contributed by atoms with van der Waals surface area (Å²) in [6, 6.07) is 11.2. The van der Waals surface area contributed by atoms with E-state index in [-0.39, 0.29) is 12.0 Å². The average molecular weight is 297 g/mol. The SMILES string of the molecule is O=C(Nc1ccccc1)c1cncc(NCC2CCCO2)c1. The Morgan fingerprint density at radius 2 is 2.09 bits per heavy atom. The molecular weight excluding hydrogens is 278 g/mol. The number of aromatic nitrogens is 1. The van der Waals surface area contributed by atoms with E-state index in [1.54, 1.807) is 18.5 Å². The van der Waals surface area contributed by atoms with Gasteiger partial charge in [0, 0.05) is 31.2 Å². The first-order chi connectivity index (χ1) is 10.8. The summed E-state index contributed by atoms with van der Waals surface area (Å²) in [5, 5.41) is 6.13. The Hall–Kier alpha value is -2.40. The summed E-state index contributed by atoms with van der Waals surface area (Å²) in [5.74, 6) is -0.167. The maximum Gasteiger partial charge on any atom is 0.257 e. The van der Waals surface area contributed by atoms with Crippen molar-refractivity contribution in [1.82, 2.24) is 4.98 Å². The fraction of sp³-hybridized carbons (Fsp3) is 0.294. The van der Waals surface area contributed by atoms with Crippen molar-refractivity contribution < 1.29 is 9.53 Å². The maximum atomic E-state index is 12.2. The van der Waals surface area contributed by atoms with Crippen LogP contribution in [0, 0.1) is 0 Å². The van der Waals surface area contributed by atoms with Crippen LogP contribution in [0.4, 0.5) is 11.4 Å². The zero-order chi connectivity index (χ0) is 15.2. The fourth-order valence-corrected chi connectivity index (χ4v) is 2.42. The molecule has 1 aromatic heterocycles. The Labute approximate surface area is 129 Å². The predicted octanol–water partition coefficient (Wildman–Crippen LogP) is 2.92. The van der Waals surface area contributed by atoms with E-state index < -0.39 is 0 Å². The third kappa shape index (κ3) is 3.83. The molecule has 0 bridgehead atoms. The molecule has 1 atom stereocenters. The second-order valence-electron chi connectivity index (χ2n) is 5.30. The van der Waals surface area contributed by atoms with Gasteiger partial charge < -0.3 is 15.4 Å². The van der Waals surface area contributed by atoms with Crippen LogP contribution in [0.25, 0.3) is 0 Å². The highest BCUT2D eigenvalue weighted by molar-refractivity contribution is 6.04. The van der Waals surface area contributed by atoms with Crippen LogP contribution < -0.4 is 10.6 Å². The van der Waals surface area contributed by atoms with Crippen LogP contribution >= 0.6 is 0 Å². The monoisotopic (exact) mass is 297 g/mol. The highest BCUT2D eigenvalue weighted by Crippen LogP contribution is 2.15. The third-order valence-corrected chi connectivity index (χ3v) is 3.59. The lowest BCUT2D eigenvalue weighted by atomic mass is 10.2. The Kier molecular flexibility index (Phi) is 4.65. The van der Waals surface area contributed by atoms with E-state index in [1.165, 1.54) is 0 Å². The maximum absolute atomic E-state index is 12.2. The number of benzene rings is 1. The molecule has 114 valence electrons. The van der Waals surface area contributed by atoms with Crippen LogP contribution in [0.15, 0.2) is 48.8 Å². The molecule has 2 N–H and O–H groups in total. The number of nitrogens with zero attached hydrogens (tertiary/aromatic N) is 1. The number of ether oxygens (including phenoxy) is 1. The van der Waals surface area contributed by atoms with E-state index in [4.69, 9.17) is 4.74 Å². The molecule has 1 amide bonds. The highest BCUT2D eigenvalue weighted by Gasteiger charge is 2.15. The van der Waals surface area contributed by atoms with Gasteiger partial charge in [0.15, 0.2) is 0 Å². The molecule has 0 aliphatic carbocycles. The third-order valence-electron chi connectivity index (χ3n) is 3.59. The van der Waals surface area contributed by atoms with E-state index in [2.05, 4.69) is 15.6 Å². The van der Waals surface area contributed by atoms with Crippen LogP contribution in [-0.2, 0) is 4.74 Å². The van der Waals surface area contributed by atoms with Crippen molar-refractivity contribution in [2.75, 3.05) is 23.8 Å². The number of hydrogen-bond acceptors (Lipinski definition) is 4. The van der Waals surface area contributed by atoms with Crippen LogP contribution in [-0.4, -0.2) is 30.1 Å². The summed E-state index contributed by atoms with van der Waals surface area (Å²) < 4.78 is 5.57. The molecule has 5 nitrogen and oxygen atoms in total. The van der Waals surface area contributed by atoms with Crippen molar-refractivity contribution in [3.05, 3.63) is 54.4 Å². The lowest BCUT2D eigenvalue weighted by Crippen LogP contribution is -2.19. The predicted molar refractivity (Wildman–Crippen MR) is 86.1 cm³/mol. The molecule has 1 aliphatic heterocycles. The van der Waals surface area contributed by atoms with Gasteiger partial charge in [-0.05, 0) is 31.0 Å². The van der Waals surface area contributed by atoms with E-state index in [0.717, 1.165) is 37.4 Å². The summed E-state index contributed by atoms with van der Waals surface area (Å²) in [6.45, 7) is 1.58. The highest BCUT2D eigenvalue weighted by atomic mass is 16.5. The van der Waals surface area contributed by atoms with Gasteiger partial charge in [0.1, 0.15) is 0 Å². The molecule has 0 radical (unpaired) electrons. The van der Waals surface area contributed by atoms with Gasteiger partial charge in [0.05, 0.1) is 17.4 Å². The number of carbonyl (C=O) groups is 1. The number of para-hydroxylation sites is 1. The minimum absolute atomic E-state index is 0.167. The standard InChI is InChI=1S/C17H19N3O2/c21-17(20-14-5-2-1-3-6-14)13-9-15(11-18-10-13)19-12-16-7-4-8-22-16/h1-3,5-6,9-11,16,19H,4,7-8,12H2,(H,20,21). The molecule has 2 heterocycles. The molecular formula is C17H19N3O2. The lowest BCUT2D eigenvalue weighted by molar-refractivity contribution is 0.102. The van der Waals surface area contributed by atoms with Crippen molar-refractivity contribution in [3.8, 4) is 0 Å². The summed E-state index contributed by atoms with van der Waals surface area (Å²) in [5.41, 5.74) is 2.13. The number of carbonyl (C=O) groups excluding carboxylic acids is 1. The molecule has 3 rings (SSSR count). The Morgan fingerprint density at radius 3 is 2.86 bits per heavy atom. The second kappa shape index (κ2) is 7.04. The first kappa shape index (κ1) is 14.5. The Balaban J connectivity index is 1.61. The zero-order valence-corrected chi connectivity index (χ0v) is 12.3. The lowest BCUT2D eigenvalue weighted by Gasteiger charge is -2.12. The summed E-state index contributed by atoms with van der Waals surface area (Å²) in [7, 11) is 0. The van der Waals surface area contributed by atoms with E-state index in [0.29, 0.717) is 5.56 Å². The van der Waals surface area contributed by atoms with Crippen molar-refractivity contribution in [2.24, 2.45) is 0 Å². The van der Waals surface area contributed by atoms with Crippen molar-refractivity contribution in [2.45, 2.75) is 18.9 Å². The van der Waals surface area contributed by atoms with Crippen molar-refractivity contribution >= 4 is 17.3 Å². The minimum atomic E-state index is -0.167. The van der Waals surface area contributed by atoms with Crippen LogP contribution in [0.1, 0.15) is 23.2 Å². The molecule has 0 saturated carbocycles. The quantitative estimate of drug-likeness (QED) is 0.890. The number of pyridine rings is 1. The number of rotatable bonds is 5. The van der Waals surface area contributed by atoms with Gasteiger partial charge in [-0.2, -0.15) is 0 Å². The molecule has 2 aromatic rings. The first-order valence-electron chi connectivity index (χ1n) is 7.48. The molecule has 0 spiro atoms. The van der Waals surface area contributed by atoms with Gasteiger partial charge >= 0.3 is 0 Å². The summed E-state index contributed by atoms with van der Waals surface area (Å²) in [6.07, 6.45) is 5.73. The van der Waals surface area contributed by atoms with Crippen LogP contribution in [0.5, 0.6) is 0 Å². The molecule has 5 heteroatoms. The fourth-order valence-electron chi connectivity index (χ4n) is 2.42. The molecule has 1 unspecified atom stereocenters. The Bertz CT molecular complexity index is 625. The largest absolute Gasteiger partial charge is 0.381 e. The van der Waals surface area contributed by atoms with Gasteiger partial charge in [0.2, 0.25) is 0 Å². The van der Waals surface area contributed by atoms with Crippen LogP contribution in [0.3, 0.4) is 0 Å². The number of amides is 1. The summed E-state index contributed by atoms with van der Waals surface area (Å²) in [4.78, 5) is 16.4. The molecule has 1 aliphatic rings. The zero-order valence-electron chi connectivity index (χ0n) is 12.3. The molecule has 1 fully saturated rings. The molecule has 1 saturated heterocycles. The number of anilines is 2. The van der Waals surface area contributed by atoms with E-state index >= 15 is 0 Å². The van der Waals surface area contributed by atoms with Crippen molar-refractivity contribution in [1.29, 1.82) is 0 Å². The number of hydrogen-bond donors (Lipinski definition) is 2. The Morgan fingerprint density at radius 1 is 1.23 bits per heavy atom. The molecule has 22 heavy (non-hydrogen) atoms. The van der Waals surface area contributed by atoms with Gasteiger partial charge in [0.25, 0.3) is 5.91 Å². The van der Waals surface area contributed by atoms with E-state index in [9.17, 15) is 4.79 Å². The van der Waals surface area contributed by atoms with E-state index in [1.807, 2.05) is 30.3 Å². The van der Waals surface area contributed by atoms with Gasteiger partial charge in [-0.15, -0.1) is 0 Å². The van der Waals surface area contributed by atoms with Gasteiger partial charge in [-0.25, -0.2) is 0 Å².